The Balaban J connectivity index is 1.58. The number of ether oxygens (including phenoxy) is 2. The third-order valence-corrected chi connectivity index (χ3v) is 7.63. The number of carbonyl (C=O) groups excluding carboxylic acids is 3. The Morgan fingerprint density at radius 2 is 1.64 bits per heavy atom. The maximum atomic E-state index is 13.6. The zero-order chi connectivity index (χ0) is 27.9. The molecule has 3 N–H and O–H groups in total. The Kier molecular flexibility index (Phi) is 9.53. The highest BCUT2D eigenvalue weighted by Crippen LogP contribution is 2.27. The van der Waals surface area contributed by atoms with Gasteiger partial charge in [0.2, 0.25) is 5.91 Å². The molecule has 10 heteroatoms. The van der Waals surface area contributed by atoms with Crippen LogP contribution in [0.2, 0.25) is 0 Å². The van der Waals surface area contributed by atoms with E-state index in [1.54, 1.807) is 43.4 Å². The molecule has 1 saturated heterocycles. The summed E-state index contributed by atoms with van der Waals surface area (Å²) in [6.45, 7) is 0.748. The average molecular weight is 541 g/mol. The normalized spacial score (nSPS) is 22.8. The van der Waals surface area contributed by atoms with E-state index in [9.17, 15) is 18.8 Å². The summed E-state index contributed by atoms with van der Waals surface area (Å²) < 4.78 is 24.0. The largest absolute Gasteiger partial charge is 0.497 e. The smallest absolute Gasteiger partial charge is 0.254 e. The van der Waals surface area contributed by atoms with Crippen LogP contribution < -0.4 is 15.8 Å². The first-order valence-electron chi connectivity index (χ1n) is 13.4. The van der Waals surface area contributed by atoms with Gasteiger partial charge in [-0.1, -0.05) is 0 Å². The molecule has 4 rings (SSSR count). The lowest BCUT2D eigenvalue weighted by Gasteiger charge is -2.30. The Morgan fingerprint density at radius 3 is 2.26 bits per heavy atom. The summed E-state index contributed by atoms with van der Waals surface area (Å²) >= 11 is 0. The van der Waals surface area contributed by atoms with Gasteiger partial charge in [0.1, 0.15) is 17.6 Å². The van der Waals surface area contributed by atoms with Crippen LogP contribution in [0.4, 0.5) is 4.39 Å². The van der Waals surface area contributed by atoms with Gasteiger partial charge in [-0.05, 0) is 80.6 Å². The molecule has 2 atom stereocenters. The van der Waals surface area contributed by atoms with Crippen molar-refractivity contribution in [2.24, 2.45) is 5.73 Å². The summed E-state index contributed by atoms with van der Waals surface area (Å²) in [7, 11) is 3.11. The molecule has 2 fully saturated rings. The Bertz CT molecular complexity index is 1140. The highest BCUT2D eigenvalue weighted by molar-refractivity contribution is 5.99. The van der Waals surface area contributed by atoms with Crippen molar-refractivity contribution in [1.82, 2.24) is 15.1 Å². The molecule has 0 aromatic heterocycles. The van der Waals surface area contributed by atoms with Crippen LogP contribution in [-0.2, 0) is 9.53 Å². The number of hydrogen-bond donors (Lipinski definition) is 2. The lowest BCUT2D eigenvalue weighted by atomic mass is 9.91. The lowest BCUT2D eigenvalue weighted by Crippen LogP contribution is -2.50. The minimum absolute atomic E-state index is 0.00958. The Morgan fingerprint density at radius 1 is 1.00 bits per heavy atom. The number of rotatable bonds is 9. The fourth-order valence-electron chi connectivity index (χ4n) is 5.37. The lowest BCUT2D eigenvalue weighted by molar-refractivity contribution is -0.125. The molecular formula is C29H37FN4O5. The third kappa shape index (κ3) is 6.93. The van der Waals surface area contributed by atoms with E-state index in [2.05, 4.69) is 5.32 Å². The summed E-state index contributed by atoms with van der Waals surface area (Å²) in [5.41, 5.74) is 6.77. The van der Waals surface area contributed by atoms with Crippen molar-refractivity contribution < 1.29 is 28.2 Å². The minimum atomic E-state index is -0.781. The zero-order valence-corrected chi connectivity index (χ0v) is 22.5. The van der Waals surface area contributed by atoms with E-state index < -0.39 is 17.9 Å². The molecule has 0 spiro atoms. The second-order valence-corrected chi connectivity index (χ2v) is 10.2. The molecule has 1 aliphatic carbocycles. The maximum Gasteiger partial charge on any atom is 0.254 e. The van der Waals surface area contributed by atoms with E-state index in [1.807, 2.05) is 0 Å². The number of hydrogen-bond acceptors (Lipinski definition) is 6. The quantitative estimate of drug-likeness (QED) is 0.506. The number of methoxy groups -OCH3 is 2. The summed E-state index contributed by atoms with van der Waals surface area (Å²) in [6, 6.07) is 11.0. The molecule has 2 aliphatic rings. The summed E-state index contributed by atoms with van der Waals surface area (Å²) in [6.07, 6.45) is 3.50. The van der Waals surface area contributed by atoms with Gasteiger partial charge in [0.15, 0.2) is 0 Å². The van der Waals surface area contributed by atoms with Gasteiger partial charge in [-0.25, -0.2) is 4.39 Å². The van der Waals surface area contributed by atoms with Crippen molar-refractivity contribution >= 4 is 17.7 Å². The van der Waals surface area contributed by atoms with Gasteiger partial charge < -0.3 is 30.3 Å². The Labute approximate surface area is 228 Å². The minimum Gasteiger partial charge on any atom is -0.497 e. The van der Waals surface area contributed by atoms with Crippen LogP contribution in [0.5, 0.6) is 5.75 Å². The number of nitrogens with zero attached hydrogens (tertiary/aromatic N) is 2. The maximum absolute atomic E-state index is 13.6. The number of nitrogens with one attached hydrogen (secondary N) is 1. The molecule has 2 unspecified atom stereocenters. The predicted molar refractivity (Wildman–Crippen MR) is 144 cm³/mol. The molecule has 1 aliphatic heterocycles. The molecular weight excluding hydrogens is 503 g/mol. The number of halogens is 1. The van der Waals surface area contributed by atoms with E-state index in [0.717, 1.165) is 25.7 Å². The second-order valence-electron chi connectivity index (χ2n) is 10.2. The number of benzene rings is 2. The van der Waals surface area contributed by atoms with E-state index in [0.29, 0.717) is 24.5 Å². The van der Waals surface area contributed by atoms with Gasteiger partial charge in [0.05, 0.1) is 19.8 Å². The van der Waals surface area contributed by atoms with E-state index in [1.165, 1.54) is 29.2 Å². The van der Waals surface area contributed by atoms with Crippen LogP contribution in [-0.4, -0.2) is 85.6 Å². The summed E-state index contributed by atoms with van der Waals surface area (Å²) in [5, 5.41) is 3.11. The molecule has 39 heavy (non-hydrogen) atoms. The first kappa shape index (κ1) is 28.5. The van der Waals surface area contributed by atoms with Crippen LogP contribution >= 0.6 is 0 Å². The molecule has 0 radical (unpaired) electrons. The van der Waals surface area contributed by atoms with Gasteiger partial charge in [0.25, 0.3) is 11.8 Å². The molecule has 210 valence electrons. The number of carbonyl (C=O) groups is 3. The second kappa shape index (κ2) is 13.0. The molecule has 1 heterocycles. The molecule has 9 nitrogen and oxygen atoms in total. The zero-order valence-electron chi connectivity index (χ0n) is 22.5. The first-order chi connectivity index (χ1) is 18.8. The predicted octanol–water partition coefficient (Wildman–Crippen LogP) is 2.59. The fraction of sp³-hybridized carbons (Fsp3) is 0.483. The van der Waals surface area contributed by atoms with Crippen molar-refractivity contribution in [2.45, 2.75) is 56.3 Å². The first-order valence-corrected chi connectivity index (χ1v) is 13.4. The van der Waals surface area contributed by atoms with Crippen LogP contribution in [0.25, 0.3) is 0 Å². The van der Waals surface area contributed by atoms with Crippen LogP contribution in [0.15, 0.2) is 48.5 Å². The van der Waals surface area contributed by atoms with Gasteiger partial charge in [-0.15, -0.1) is 0 Å². The molecule has 2 aromatic rings. The van der Waals surface area contributed by atoms with Crippen molar-refractivity contribution in [3.63, 3.8) is 0 Å². The number of nitrogens with two attached hydrogens (primary N) is 1. The van der Waals surface area contributed by atoms with E-state index in [-0.39, 0.29) is 48.3 Å². The molecule has 0 bridgehead atoms. The van der Waals surface area contributed by atoms with E-state index in [4.69, 9.17) is 15.2 Å². The highest BCUT2D eigenvalue weighted by atomic mass is 19.1. The van der Waals surface area contributed by atoms with E-state index >= 15 is 0 Å². The van der Waals surface area contributed by atoms with Gasteiger partial charge >= 0.3 is 0 Å². The molecule has 1 saturated carbocycles. The summed E-state index contributed by atoms with van der Waals surface area (Å²) in [5.74, 6) is -0.682. The monoisotopic (exact) mass is 540 g/mol. The van der Waals surface area contributed by atoms with Crippen LogP contribution in [0, 0.1) is 5.82 Å². The topological polar surface area (TPSA) is 114 Å². The third-order valence-electron chi connectivity index (χ3n) is 7.63. The van der Waals surface area contributed by atoms with Crippen LogP contribution in [0.3, 0.4) is 0 Å². The SMILES string of the molecule is COCCN(C(=O)c1ccc(OC)cc1)C1CC(C(=O)NC2CCC(N)CC2)N(C(=O)c2ccc(F)cc2)C1. The van der Waals surface area contributed by atoms with Gasteiger partial charge in [-0.3, -0.25) is 14.4 Å². The van der Waals surface area contributed by atoms with Gasteiger partial charge in [-0.2, -0.15) is 0 Å². The van der Waals surface area contributed by atoms with Crippen molar-refractivity contribution in [2.75, 3.05) is 33.9 Å². The van der Waals surface area contributed by atoms with Gasteiger partial charge in [0, 0.05) is 43.4 Å². The number of likely N-dealkylation sites (tertiary alicyclic amines) is 1. The fourth-order valence-corrected chi connectivity index (χ4v) is 5.37. The molecule has 3 amide bonds. The van der Waals surface area contributed by atoms with Crippen molar-refractivity contribution in [1.29, 1.82) is 0 Å². The molecule has 2 aromatic carbocycles. The van der Waals surface area contributed by atoms with Crippen molar-refractivity contribution in [3.8, 4) is 5.75 Å². The average Bonchev–Trinajstić information content (AvgIpc) is 3.40. The summed E-state index contributed by atoms with van der Waals surface area (Å²) in [4.78, 5) is 43.9. The standard InChI is InChI=1S/C29H37FN4O5/c1-38-16-15-33(28(36)20-5-13-25(39-2)14-6-20)24-17-26(27(35)32-23-11-9-22(31)10-12-23)34(18-24)29(37)19-3-7-21(30)8-4-19/h3-8,13-14,22-24,26H,9-12,15-18,31H2,1-2H3,(H,32,35). The van der Waals surface area contributed by atoms with Crippen LogP contribution in [0.1, 0.15) is 52.8 Å². The van der Waals surface area contributed by atoms with Crippen molar-refractivity contribution in [3.05, 3.63) is 65.5 Å². The Hall–Kier alpha value is -3.50. The number of amides is 3. The highest BCUT2D eigenvalue weighted by Gasteiger charge is 2.44.